The molecule has 0 saturated carbocycles. The number of rotatable bonds is 3. The first-order valence-electron chi connectivity index (χ1n) is 4.82. The molecule has 0 radical (unpaired) electrons. The molecule has 0 aliphatic carbocycles. The van der Waals surface area contributed by atoms with Crippen LogP contribution in [0.15, 0.2) is 17.8 Å². The molecule has 0 aromatic carbocycles. The van der Waals surface area contributed by atoms with Crippen molar-refractivity contribution in [3.8, 4) is 10.8 Å². The van der Waals surface area contributed by atoms with Crippen LogP contribution in [0.3, 0.4) is 0 Å². The highest BCUT2D eigenvalue weighted by atomic mass is 32.1. The van der Waals surface area contributed by atoms with Crippen molar-refractivity contribution in [2.75, 3.05) is 6.61 Å². The standard InChI is InChI=1S/C10H11N3O2S/c1-3-15-10(14)7-6-16-9(12-7)8-11-4-5-13(8)2/h4-6H,3H2,1-2H3. The predicted octanol–water partition coefficient (Wildman–Crippen LogP) is 1.72. The molecule has 6 heteroatoms. The zero-order valence-corrected chi connectivity index (χ0v) is 9.82. The maximum absolute atomic E-state index is 11.4. The number of nitrogens with zero attached hydrogens (tertiary/aromatic N) is 3. The molecule has 0 aliphatic rings. The summed E-state index contributed by atoms with van der Waals surface area (Å²) in [6.45, 7) is 2.12. The monoisotopic (exact) mass is 237 g/mol. The Morgan fingerprint density at radius 3 is 3.06 bits per heavy atom. The fourth-order valence-corrected chi connectivity index (χ4v) is 2.07. The molecule has 16 heavy (non-hydrogen) atoms. The van der Waals surface area contributed by atoms with Crippen molar-refractivity contribution < 1.29 is 9.53 Å². The van der Waals surface area contributed by atoms with E-state index < -0.39 is 0 Å². The van der Waals surface area contributed by atoms with Gasteiger partial charge in [-0.05, 0) is 6.92 Å². The van der Waals surface area contributed by atoms with Gasteiger partial charge in [0.1, 0.15) is 0 Å². The summed E-state index contributed by atoms with van der Waals surface area (Å²) in [6, 6.07) is 0. The van der Waals surface area contributed by atoms with Crippen LogP contribution in [0.1, 0.15) is 17.4 Å². The van der Waals surface area contributed by atoms with Gasteiger partial charge in [-0.2, -0.15) is 0 Å². The minimum Gasteiger partial charge on any atom is -0.461 e. The molecular weight excluding hydrogens is 226 g/mol. The fraction of sp³-hybridized carbons (Fsp3) is 0.300. The average molecular weight is 237 g/mol. The van der Waals surface area contributed by atoms with E-state index in [2.05, 4.69) is 9.97 Å². The van der Waals surface area contributed by atoms with Gasteiger partial charge < -0.3 is 9.30 Å². The highest BCUT2D eigenvalue weighted by Gasteiger charge is 2.14. The molecule has 0 aliphatic heterocycles. The molecule has 0 fully saturated rings. The molecule has 0 saturated heterocycles. The van der Waals surface area contributed by atoms with E-state index in [4.69, 9.17) is 4.74 Å². The zero-order chi connectivity index (χ0) is 11.5. The first kappa shape index (κ1) is 10.8. The number of imidazole rings is 1. The summed E-state index contributed by atoms with van der Waals surface area (Å²) in [5.74, 6) is 0.361. The Morgan fingerprint density at radius 2 is 2.44 bits per heavy atom. The summed E-state index contributed by atoms with van der Waals surface area (Å²) in [6.07, 6.45) is 3.53. The molecule has 0 amide bonds. The van der Waals surface area contributed by atoms with Crippen molar-refractivity contribution in [2.24, 2.45) is 7.05 Å². The maximum Gasteiger partial charge on any atom is 0.357 e. The third kappa shape index (κ3) is 1.96. The molecule has 2 aromatic heterocycles. The number of esters is 1. The largest absolute Gasteiger partial charge is 0.461 e. The number of aromatic nitrogens is 3. The Balaban J connectivity index is 2.26. The molecular formula is C10H11N3O2S. The Kier molecular flexibility index (Phi) is 3.00. The van der Waals surface area contributed by atoms with Crippen LogP contribution in [0.5, 0.6) is 0 Å². The molecule has 5 nitrogen and oxygen atoms in total. The average Bonchev–Trinajstić information content (AvgIpc) is 2.86. The van der Waals surface area contributed by atoms with Gasteiger partial charge in [0.05, 0.1) is 6.61 Å². The van der Waals surface area contributed by atoms with Gasteiger partial charge in [-0.15, -0.1) is 11.3 Å². The molecule has 0 N–H and O–H groups in total. The number of carbonyl (C=O) groups excluding carboxylic acids is 1. The van der Waals surface area contributed by atoms with Crippen LogP contribution in [0.25, 0.3) is 10.8 Å². The molecule has 2 aromatic rings. The van der Waals surface area contributed by atoms with Crippen molar-refractivity contribution in [1.29, 1.82) is 0 Å². The predicted molar refractivity (Wildman–Crippen MR) is 60.3 cm³/mol. The van der Waals surface area contributed by atoms with Gasteiger partial charge in [-0.25, -0.2) is 14.8 Å². The second-order valence-corrected chi connectivity index (χ2v) is 3.98. The molecule has 0 bridgehead atoms. The van der Waals surface area contributed by atoms with Crippen molar-refractivity contribution >= 4 is 17.3 Å². The molecule has 0 spiro atoms. The Morgan fingerprint density at radius 1 is 1.62 bits per heavy atom. The summed E-state index contributed by atoms with van der Waals surface area (Å²) >= 11 is 1.38. The number of thiazole rings is 1. The van der Waals surface area contributed by atoms with Crippen molar-refractivity contribution in [2.45, 2.75) is 6.92 Å². The molecule has 0 unspecified atom stereocenters. The summed E-state index contributed by atoms with van der Waals surface area (Å²) in [7, 11) is 1.88. The van der Waals surface area contributed by atoms with Crippen LogP contribution in [0, 0.1) is 0 Å². The van der Waals surface area contributed by atoms with Gasteiger partial charge in [-0.3, -0.25) is 0 Å². The van der Waals surface area contributed by atoms with E-state index in [0.717, 1.165) is 10.8 Å². The second kappa shape index (κ2) is 4.44. The Hall–Kier alpha value is -1.69. The van der Waals surface area contributed by atoms with Gasteiger partial charge in [0.15, 0.2) is 16.5 Å². The third-order valence-corrected chi connectivity index (χ3v) is 2.84. The first-order chi connectivity index (χ1) is 7.72. The van der Waals surface area contributed by atoms with Gasteiger partial charge in [-0.1, -0.05) is 0 Å². The van der Waals surface area contributed by atoms with Crippen molar-refractivity contribution in [3.63, 3.8) is 0 Å². The van der Waals surface area contributed by atoms with E-state index in [-0.39, 0.29) is 5.97 Å². The van der Waals surface area contributed by atoms with E-state index in [0.29, 0.717) is 12.3 Å². The molecule has 84 valence electrons. The van der Waals surface area contributed by atoms with E-state index >= 15 is 0 Å². The molecule has 2 rings (SSSR count). The van der Waals surface area contributed by atoms with E-state index in [1.54, 1.807) is 18.5 Å². The van der Waals surface area contributed by atoms with Crippen LogP contribution >= 0.6 is 11.3 Å². The zero-order valence-electron chi connectivity index (χ0n) is 9.01. The van der Waals surface area contributed by atoms with Crippen molar-refractivity contribution in [3.05, 3.63) is 23.5 Å². The van der Waals surface area contributed by atoms with Gasteiger partial charge in [0.25, 0.3) is 0 Å². The number of hydrogen-bond acceptors (Lipinski definition) is 5. The lowest BCUT2D eigenvalue weighted by molar-refractivity contribution is 0.0520. The smallest absolute Gasteiger partial charge is 0.357 e. The third-order valence-electron chi connectivity index (χ3n) is 2.00. The highest BCUT2D eigenvalue weighted by molar-refractivity contribution is 7.13. The SMILES string of the molecule is CCOC(=O)c1csc(-c2nccn2C)n1. The normalized spacial score (nSPS) is 10.4. The highest BCUT2D eigenvalue weighted by Crippen LogP contribution is 2.21. The molecule has 0 atom stereocenters. The first-order valence-corrected chi connectivity index (χ1v) is 5.70. The lowest BCUT2D eigenvalue weighted by Crippen LogP contribution is -2.04. The Bertz CT molecular complexity index is 504. The van der Waals surface area contributed by atoms with Crippen LogP contribution in [0.4, 0.5) is 0 Å². The number of aryl methyl sites for hydroxylation is 1. The van der Waals surface area contributed by atoms with Crippen molar-refractivity contribution in [1.82, 2.24) is 14.5 Å². The summed E-state index contributed by atoms with van der Waals surface area (Å²) in [5.41, 5.74) is 0.338. The summed E-state index contributed by atoms with van der Waals surface area (Å²) in [5, 5.41) is 2.40. The Labute approximate surface area is 96.7 Å². The van der Waals surface area contributed by atoms with E-state index in [1.165, 1.54) is 11.3 Å². The van der Waals surface area contributed by atoms with Gasteiger partial charge in [0, 0.05) is 24.8 Å². The van der Waals surface area contributed by atoms with Crippen LogP contribution in [-0.2, 0) is 11.8 Å². The lowest BCUT2D eigenvalue weighted by Gasteiger charge is -1.97. The van der Waals surface area contributed by atoms with Crippen LogP contribution in [-0.4, -0.2) is 27.1 Å². The number of ether oxygens (including phenoxy) is 1. The lowest BCUT2D eigenvalue weighted by atomic mass is 10.5. The minimum atomic E-state index is -0.390. The fourth-order valence-electron chi connectivity index (χ4n) is 1.25. The van der Waals surface area contributed by atoms with Crippen LogP contribution < -0.4 is 0 Å². The van der Waals surface area contributed by atoms with E-state index in [1.807, 2.05) is 17.8 Å². The quantitative estimate of drug-likeness (QED) is 0.763. The maximum atomic E-state index is 11.4. The number of hydrogen-bond donors (Lipinski definition) is 0. The topological polar surface area (TPSA) is 57.0 Å². The van der Waals surface area contributed by atoms with Gasteiger partial charge in [0.2, 0.25) is 0 Å². The summed E-state index contributed by atoms with van der Waals surface area (Å²) in [4.78, 5) is 19.8. The van der Waals surface area contributed by atoms with Crippen LogP contribution in [0.2, 0.25) is 0 Å². The van der Waals surface area contributed by atoms with E-state index in [9.17, 15) is 4.79 Å². The second-order valence-electron chi connectivity index (χ2n) is 3.12. The molecule has 2 heterocycles. The number of carbonyl (C=O) groups is 1. The van der Waals surface area contributed by atoms with Gasteiger partial charge >= 0.3 is 5.97 Å². The summed E-state index contributed by atoms with van der Waals surface area (Å²) < 4.78 is 6.72. The minimum absolute atomic E-state index is 0.338.